The van der Waals surface area contributed by atoms with Gasteiger partial charge in [0.25, 0.3) is 0 Å². The Hall–Kier alpha value is -1.36. The van der Waals surface area contributed by atoms with Gasteiger partial charge in [-0.05, 0) is 23.6 Å². The van der Waals surface area contributed by atoms with Crippen LogP contribution in [0, 0.1) is 5.92 Å². The first-order chi connectivity index (χ1) is 9.52. The summed E-state index contributed by atoms with van der Waals surface area (Å²) in [5.41, 5.74) is 1.02. The highest BCUT2D eigenvalue weighted by molar-refractivity contribution is 9.10. The summed E-state index contributed by atoms with van der Waals surface area (Å²) in [6.45, 7) is 4.62. The smallest absolute Gasteiger partial charge is 0.243 e. The molecule has 5 heteroatoms. The van der Waals surface area contributed by atoms with Crippen LogP contribution in [0.2, 0.25) is 0 Å². The lowest BCUT2D eigenvalue weighted by Crippen LogP contribution is -2.60. The molecule has 0 radical (unpaired) electrons. The lowest BCUT2D eigenvalue weighted by Gasteiger charge is -2.38. The van der Waals surface area contributed by atoms with Gasteiger partial charge in [-0.1, -0.05) is 48.3 Å². The number of piperazine rings is 1. The number of nitrogens with one attached hydrogen (secondary N) is 1. The molecule has 20 heavy (non-hydrogen) atoms. The quantitative estimate of drug-likeness (QED) is 0.915. The maximum absolute atomic E-state index is 12.2. The number of benzene rings is 1. The Morgan fingerprint density at radius 2 is 2.20 bits per heavy atom. The number of carbonyl (C=O) groups is 2. The SMILES string of the molecule is CCC(C)C1C(=O)NCC(=O)N1Cc1cccc(Br)c1. The minimum Gasteiger partial charge on any atom is -0.345 e. The lowest BCUT2D eigenvalue weighted by molar-refractivity contribution is -0.148. The van der Waals surface area contributed by atoms with Crippen molar-refractivity contribution in [2.75, 3.05) is 6.54 Å². The van der Waals surface area contributed by atoms with Gasteiger partial charge in [0, 0.05) is 11.0 Å². The van der Waals surface area contributed by atoms with Gasteiger partial charge >= 0.3 is 0 Å². The van der Waals surface area contributed by atoms with Crippen LogP contribution in [-0.2, 0) is 16.1 Å². The summed E-state index contributed by atoms with van der Waals surface area (Å²) in [6.07, 6.45) is 0.861. The summed E-state index contributed by atoms with van der Waals surface area (Å²) in [7, 11) is 0. The van der Waals surface area contributed by atoms with Gasteiger partial charge < -0.3 is 10.2 Å². The summed E-state index contributed by atoms with van der Waals surface area (Å²) in [4.78, 5) is 26.0. The summed E-state index contributed by atoms with van der Waals surface area (Å²) < 4.78 is 0.976. The van der Waals surface area contributed by atoms with Crippen molar-refractivity contribution in [3.63, 3.8) is 0 Å². The largest absolute Gasteiger partial charge is 0.345 e. The fourth-order valence-electron chi connectivity index (χ4n) is 2.47. The zero-order valence-corrected chi connectivity index (χ0v) is 13.3. The van der Waals surface area contributed by atoms with Gasteiger partial charge in [-0.2, -0.15) is 0 Å². The van der Waals surface area contributed by atoms with Gasteiger partial charge in [-0.25, -0.2) is 0 Å². The Morgan fingerprint density at radius 1 is 1.45 bits per heavy atom. The molecule has 1 saturated heterocycles. The first kappa shape index (κ1) is 15.0. The van der Waals surface area contributed by atoms with E-state index in [0.717, 1.165) is 16.5 Å². The van der Waals surface area contributed by atoms with Crippen LogP contribution >= 0.6 is 15.9 Å². The molecule has 0 aromatic heterocycles. The fourth-order valence-corrected chi connectivity index (χ4v) is 2.92. The molecule has 0 spiro atoms. The molecular weight excluding hydrogens is 320 g/mol. The molecule has 0 saturated carbocycles. The van der Waals surface area contributed by atoms with E-state index in [9.17, 15) is 9.59 Å². The Morgan fingerprint density at radius 3 is 2.85 bits per heavy atom. The summed E-state index contributed by atoms with van der Waals surface area (Å²) >= 11 is 3.43. The second-order valence-corrected chi connectivity index (χ2v) is 6.12. The van der Waals surface area contributed by atoms with Gasteiger partial charge in [0.05, 0.1) is 6.54 Å². The zero-order chi connectivity index (χ0) is 14.7. The van der Waals surface area contributed by atoms with Crippen molar-refractivity contribution in [1.82, 2.24) is 10.2 Å². The van der Waals surface area contributed by atoms with Crippen LogP contribution in [0.3, 0.4) is 0 Å². The van der Waals surface area contributed by atoms with Gasteiger partial charge in [0.1, 0.15) is 6.04 Å². The molecule has 2 rings (SSSR count). The lowest BCUT2D eigenvalue weighted by atomic mass is 9.94. The molecule has 2 unspecified atom stereocenters. The van der Waals surface area contributed by atoms with Crippen LogP contribution in [-0.4, -0.2) is 29.3 Å². The normalized spacial score (nSPS) is 20.8. The zero-order valence-electron chi connectivity index (χ0n) is 11.7. The van der Waals surface area contributed by atoms with Crippen molar-refractivity contribution in [1.29, 1.82) is 0 Å². The number of rotatable bonds is 4. The van der Waals surface area contributed by atoms with Gasteiger partial charge in [-0.3, -0.25) is 9.59 Å². The number of halogens is 1. The Bertz CT molecular complexity index is 518. The minimum absolute atomic E-state index is 0.0186. The second kappa shape index (κ2) is 6.39. The monoisotopic (exact) mass is 338 g/mol. The average molecular weight is 339 g/mol. The highest BCUT2D eigenvalue weighted by atomic mass is 79.9. The van der Waals surface area contributed by atoms with E-state index in [1.807, 2.05) is 38.1 Å². The van der Waals surface area contributed by atoms with Crippen LogP contribution in [0.5, 0.6) is 0 Å². The molecule has 1 aromatic rings. The number of carbonyl (C=O) groups excluding carboxylic acids is 2. The molecule has 1 aromatic carbocycles. The fraction of sp³-hybridized carbons (Fsp3) is 0.467. The van der Waals surface area contributed by atoms with Gasteiger partial charge in [0.15, 0.2) is 0 Å². The predicted molar refractivity (Wildman–Crippen MR) is 80.9 cm³/mol. The van der Waals surface area contributed by atoms with E-state index in [1.165, 1.54) is 0 Å². The van der Waals surface area contributed by atoms with Crippen LogP contribution < -0.4 is 5.32 Å². The molecule has 1 heterocycles. The number of hydrogen-bond donors (Lipinski definition) is 1. The van der Waals surface area contributed by atoms with E-state index in [4.69, 9.17) is 0 Å². The van der Waals surface area contributed by atoms with Gasteiger partial charge in [-0.15, -0.1) is 0 Å². The first-order valence-corrected chi connectivity index (χ1v) is 7.64. The molecule has 1 aliphatic heterocycles. The van der Waals surface area contributed by atoms with Crippen LogP contribution in [0.4, 0.5) is 0 Å². The van der Waals surface area contributed by atoms with E-state index < -0.39 is 0 Å². The van der Waals surface area contributed by atoms with E-state index in [2.05, 4.69) is 21.2 Å². The first-order valence-electron chi connectivity index (χ1n) is 6.84. The second-order valence-electron chi connectivity index (χ2n) is 5.20. The van der Waals surface area contributed by atoms with E-state index in [0.29, 0.717) is 6.54 Å². The van der Waals surface area contributed by atoms with E-state index in [1.54, 1.807) is 4.90 Å². The molecule has 1 N–H and O–H groups in total. The van der Waals surface area contributed by atoms with Crippen LogP contribution in [0.1, 0.15) is 25.8 Å². The maximum Gasteiger partial charge on any atom is 0.243 e. The highest BCUT2D eigenvalue weighted by Crippen LogP contribution is 2.21. The third-order valence-corrected chi connectivity index (χ3v) is 4.26. The third-order valence-electron chi connectivity index (χ3n) is 3.76. The van der Waals surface area contributed by atoms with Crippen molar-refractivity contribution >= 4 is 27.7 Å². The average Bonchev–Trinajstić information content (AvgIpc) is 2.42. The molecular formula is C15H19BrN2O2. The molecule has 2 atom stereocenters. The van der Waals surface area contributed by atoms with Crippen molar-refractivity contribution in [2.24, 2.45) is 5.92 Å². The van der Waals surface area contributed by atoms with Crippen molar-refractivity contribution in [3.8, 4) is 0 Å². The highest BCUT2D eigenvalue weighted by Gasteiger charge is 2.37. The van der Waals surface area contributed by atoms with E-state index >= 15 is 0 Å². The van der Waals surface area contributed by atoms with Crippen LogP contribution in [0.25, 0.3) is 0 Å². The van der Waals surface area contributed by atoms with Gasteiger partial charge in [0.2, 0.25) is 11.8 Å². The van der Waals surface area contributed by atoms with Crippen molar-refractivity contribution < 1.29 is 9.59 Å². The molecule has 1 aliphatic rings. The Labute approximate surface area is 127 Å². The Kier molecular flexibility index (Phi) is 4.81. The summed E-state index contributed by atoms with van der Waals surface area (Å²) in [5.74, 6) is 0.0789. The van der Waals surface area contributed by atoms with E-state index in [-0.39, 0.29) is 30.3 Å². The maximum atomic E-state index is 12.2. The molecule has 0 aliphatic carbocycles. The van der Waals surface area contributed by atoms with Crippen molar-refractivity contribution in [2.45, 2.75) is 32.9 Å². The topological polar surface area (TPSA) is 49.4 Å². The number of hydrogen-bond acceptors (Lipinski definition) is 2. The minimum atomic E-state index is -0.375. The third kappa shape index (κ3) is 3.20. The van der Waals surface area contributed by atoms with Crippen LogP contribution in [0.15, 0.2) is 28.7 Å². The molecule has 0 bridgehead atoms. The standard InChI is InChI=1S/C15H19BrN2O2/c1-3-10(2)14-15(20)17-8-13(19)18(14)9-11-5-4-6-12(16)7-11/h4-7,10,14H,3,8-9H2,1-2H3,(H,17,20). The number of nitrogens with zero attached hydrogens (tertiary/aromatic N) is 1. The molecule has 108 valence electrons. The summed E-state index contributed by atoms with van der Waals surface area (Å²) in [6, 6.07) is 7.46. The molecule has 2 amide bonds. The predicted octanol–water partition coefficient (Wildman–Crippen LogP) is 2.32. The number of amides is 2. The molecule has 4 nitrogen and oxygen atoms in total. The van der Waals surface area contributed by atoms with Crippen molar-refractivity contribution in [3.05, 3.63) is 34.3 Å². The Balaban J connectivity index is 2.24. The summed E-state index contributed by atoms with van der Waals surface area (Å²) in [5, 5.41) is 2.68. The molecule has 1 fully saturated rings.